The molecule has 0 saturated heterocycles. The van der Waals surface area contributed by atoms with E-state index >= 15 is 0 Å². The molecular weight excluding hydrogens is 230 g/mol. The molecule has 2 rings (SSSR count). The Labute approximate surface area is 87.5 Å². The fourth-order valence-electron chi connectivity index (χ4n) is 1.02. The normalized spacial score (nSPS) is 10.5. The van der Waals surface area contributed by atoms with Crippen molar-refractivity contribution in [3.05, 3.63) is 35.0 Å². The highest BCUT2D eigenvalue weighted by atomic mass is 35.5. The number of benzene rings is 1. The van der Waals surface area contributed by atoms with Crippen LogP contribution in [0.25, 0.3) is 11.3 Å². The average molecular weight is 233 g/mol. The zero-order valence-corrected chi connectivity index (χ0v) is 8.24. The average Bonchev–Trinajstić information content (AvgIpc) is 2.52. The van der Waals surface area contributed by atoms with Gasteiger partial charge in [-0.15, -0.1) is 0 Å². The van der Waals surface area contributed by atoms with Crippen LogP contribution in [-0.4, -0.2) is 8.75 Å². The van der Waals surface area contributed by atoms with E-state index in [1.165, 1.54) is 6.07 Å². The van der Waals surface area contributed by atoms with E-state index in [0.717, 1.165) is 23.9 Å². The van der Waals surface area contributed by atoms with E-state index < -0.39 is 11.6 Å². The molecular formula is C8H3ClF2N2S. The summed E-state index contributed by atoms with van der Waals surface area (Å²) in [6, 6.07) is 3.21. The molecule has 1 heterocycles. The Morgan fingerprint density at radius 3 is 2.57 bits per heavy atom. The largest absolute Gasteiger partial charge is 0.207 e. The molecule has 0 aliphatic carbocycles. The molecule has 0 aliphatic rings. The third-order valence-corrected chi connectivity index (χ3v) is 2.53. The molecule has 1 aromatic carbocycles. The van der Waals surface area contributed by atoms with Crippen molar-refractivity contribution in [1.29, 1.82) is 0 Å². The predicted molar refractivity (Wildman–Crippen MR) is 50.3 cm³/mol. The topological polar surface area (TPSA) is 25.8 Å². The van der Waals surface area contributed by atoms with Crippen LogP contribution in [0, 0.1) is 11.6 Å². The van der Waals surface area contributed by atoms with Crippen molar-refractivity contribution in [3.63, 3.8) is 0 Å². The smallest absolute Gasteiger partial charge is 0.170 e. The maximum absolute atomic E-state index is 13.2. The Hall–Kier alpha value is -1.07. The van der Waals surface area contributed by atoms with Crippen LogP contribution in [0.2, 0.25) is 5.15 Å². The molecule has 0 bridgehead atoms. The van der Waals surface area contributed by atoms with Gasteiger partial charge in [-0.1, -0.05) is 11.6 Å². The molecule has 0 fully saturated rings. The van der Waals surface area contributed by atoms with E-state index in [9.17, 15) is 8.78 Å². The molecule has 6 heteroatoms. The van der Waals surface area contributed by atoms with Crippen LogP contribution in [0.3, 0.4) is 0 Å². The summed E-state index contributed by atoms with van der Waals surface area (Å²) < 4.78 is 33.3. The minimum atomic E-state index is -0.695. The quantitative estimate of drug-likeness (QED) is 0.755. The van der Waals surface area contributed by atoms with Crippen LogP contribution in [0.15, 0.2) is 18.2 Å². The van der Waals surface area contributed by atoms with Crippen LogP contribution in [0.4, 0.5) is 8.78 Å². The van der Waals surface area contributed by atoms with Gasteiger partial charge in [-0.05, 0) is 12.1 Å². The summed E-state index contributed by atoms with van der Waals surface area (Å²) in [4.78, 5) is 0. The maximum Gasteiger partial charge on any atom is 0.170 e. The first-order valence-corrected chi connectivity index (χ1v) is 4.73. The second-order valence-corrected chi connectivity index (χ2v) is 3.41. The van der Waals surface area contributed by atoms with E-state index in [1.54, 1.807) is 0 Å². The fourth-order valence-corrected chi connectivity index (χ4v) is 1.77. The summed E-state index contributed by atoms with van der Waals surface area (Å²) in [6.07, 6.45) is 0. The van der Waals surface area contributed by atoms with Gasteiger partial charge >= 0.3 is 0 Å². The molecule has 0 atom stereocenters. The van der Waals surface area contributed by atoms with E-state index in [2.05, 4.69) is 8.75 Å². The van der Waals surface area contributed by atoms with Gasteiger partial charge in [0.05, 0.1) is 11.7 Å². The number of rotatable bonds is 1. The first kappa shape index (κ1) is 9.48. The summed E-state index contributed by atoms with van der Waals surface area (Å²) in [5, 5.41) is 0.125. The van der Waals surface area contributed by atoms with E-state index in [0.29, 0.717) is 0 Å². The number of nitrogens with zero attached hydrogens (tertiary/aromatic N) is 2. The maximum atomic E-state index is 13.2. The van der Waals surface area contributed by atoms with Crippen LogP contribution >= 0.6 is 23.3 Å². The fraction of sp³-hybridized carbons (Fsp3) is 0. The van der Waals surface area contributed by atoms with Gasteiger partial charge in [-0.3, -0.25) is 0 Å². The Morgan fingerprint density at radius 2 is 2.00 bits per heavy atom. The van der Waals surface area contributed by atoms with Crippen molar-refractivity contribution in [1.82, 2.24) is 8.75 Å². The van der Waals surface area contributed by atoms with E-state index in [-0.39, 0.29) is 16.4 Å². The van der Waals surface area contributed by atoms with Gasteiger partial charge in [0, 0.05) is 11.6 Å². The van der Waals surface area contributed by atoms with Crippen molar-refractivity contribution in [3.8, 4) is 11.3 Å². The SMILES string of the molecule is Fc1ccc(-c2nsnc2Cl)c(F)c1. The second kappa shape index (κ2) is 3.59. The standard InChI is InChI=1S/C8H3ClF2N2S/c9-8-7(12-14-13-8)5-2-1-4(10)3-6(5)11/h1-3H. The molecule has 2 aromatic rings. The minimum absolute atomic E-state index is 0.125. The Kier molecular flexibility index (Phi) is 2.43. The van der Waals surface area contributed by atoms with E-state index in [4.69, 9.17) is 11.6 Å². The molecule has 0 saturated carbocycles. The van der Waals surface area contributed by atoms with E-state index in [1.807, 2.05) is 0 Å². The van der Waals surface area contributed by atoms with Crippen LogP contribution < -0.4 is 0 Å². The van der Waals surface area contributed by atoms with Gasteiger partial charge in [0.25, 0.3) is 0 Å². The summed E-state index contributed by atoms with van der Waals surface area (Å²) in [5.41, 5.74) is 0.402. The zero-order chi connectivity index (χ0) is 10.1. The monoisotopic (exact) mass is 232 g/mol. The molecule has 0 amide bonds. The van der Waals surface area contributed by atoms with Gasteiger partial charge in [0.1, 0.15) is 17.3 Å². The number of aromatic nitrogens is 2. The molecule has 1 aromatic heterocycles. The molecule has 2 nitrogen and oxygen atoms in total. The van der Waals surface area contributed by atoms with Crippen molar-refractivity contribution in [2.24, 2.45) is 0 Å². The van der Waals surface area contributed by atoms with Crippen molar-refractivity contribution >= 4 is 23.3 Å². The lowest BCUT2D eigenvalue weighted by atomic mass is 10.1. The summed E-state index contributed by atoms with van der Waals surface area (Å²) >= 11 is 6.54. The molecule has 0 spiro atoms. The second-order valence-electron chi connectivity index (χ2n) is 2.53. The highest BCUT2D eigenvalue weighted by molar-refractivity contribution is 6.99. The van der Waals surface area contributed by atoms with Gasteiger partial charge in [0.15, 0.2) is 5.15 Å². The Bertz CT molecular complexity index is 472. The van der Waals surface area contributed by atoms with Gasteiger partial charge in [-0.2, -0.15) is 8.75 Å². The van der Waals surface area contributed by atoms with Gasteiger partial charge in [0.2, 0.25) is 0 Å². The van der Waals surface area contributed by atoms with Crippen molar-refractivity contribution < 1.29 is 8.78 Å². The number of hydrogen-bond donors (Lipinski definition) is 0. The van der Waals surface area contributed by atoms with Crippen molar-refractivity contribution in [2.75, 3.05) is 0 Å². The highest BCUT2D eigenvalue weighted by Gasteiger charge is 2.13. The number of halogens is 3. The zero-order valence-electron chi connectivity index (χ0n) is 6.67. The number of hydrogen-bond acceptors (Lipinski definition) is 3. The Balaban J connectivity index is 2.58. The lowest BCUT2D eigenvalue weighted by Gasteiger charge is -1.98. The van der Waals surface area contributed by atoms with Crippen LogP contribution in [0.5, 0.6) is 0 Å². The lowest BCUT2D eigenvalue weighted by Crippen LogP contribution is -1.86. The van der Waals surface area contributed by atoms with Crippen molar-refractivity contribution in [2.45, 2.75) is 0 Å². The van der Waals surface area contributed by atoms with Crippen LogP contribution in [-0.2, 0) is 0 Å². The predicted octanol–water partition coefficient (Wildman–Crippen LogP) is 3.14. The van der Waals surface area contributed by atoms with Gasteiger partial charge < -0.3 is 0 Å². The van der Waals surface area contributed by atoms with Gasteiger partial charge in [-0.25, -0.2) is 8.78 Å². The molecule has 0 radical (unpaired) electrons. The molecule has 72 valence electrons. The lowest BCUT2D eigenvalue weighted by molar-refractivity contribution is 0.585. The molecule has 0 aliphatic heterocycles. The summed E-state index contributed by atoms with van der Waals surface area (Å²) in [5.74, 6) is -1.33. The highest BCUT2D eigenvalue weighted by Crippen LogP contribution is 2.27. The molecule has 0 N–H and O–H groups in total. The summed E-state index contributed by atoms with van der Waals surface area (Å²) in [6.45, 7) is 0. The molecule has 0 unspecified atom stereocenters. The molecule has 14 heavy (non-hydrogen) atoms. The Morgan fingerprint density at radius 1 is 1.21 bits per heavy atom. The minimum Gasteiger partial charge on any atom is -0.207 e. The first-order valence-electron chi connectivity index (χ1n) is 3.62. The third-order valence-electron chi connectivity index (χ3n) is 1.63. The first-order chi connectivity index (χ1) is 6.68. The third kappa shape index (κ3) is 1.60. The summed E-state index contributed by atoms with van der Waals surface area (Å²) in [7, 11) is 0. The van der Waals surface area contributed by atoms with Crippen LogP contribution in [0.1, 0.15) is 0 Å².